The molecule has 2 aliphatic heterocycles. The molecule has 2 aromatic carbocycles. The maximum atomic E-state index is 13.6. The van der Waals surface area contributed by atoms with Crippen molar-refractivity contribution >= 4 is 16.1 Å². The van der Waals surface area contributed by atoms with Crippen LogP contribution in [0.5, 0.6) is 11.5 Å². The molecule has 220 valence electrons. The first kappa shape index (κ1) is 30.1. The third-order valence-corrected chi connectivity index (χ3v) is 8.91. The van der Waals surface area contributed by atoms with Crippen molar-refractivity contribution in [1.29, 1.82) is 0 Å². The van der Waals surface area contributed by atoms with Crippen molar-refractivity contribution in [2.45, 2.75) is 56.1 Å². The van der Waals surface area contributed by atoms with Crippen LogP contribution >= 0.6 is 0 Å². The van der Waals surface area contributed by atoms with E-state index in [-0.39, 0.29) is 54.9 Å². The molecule has 40 heavy (non-hydrogen) atoms. The molecule has 0 radical (unpaired) electrons. The van der Waals surface area contributed by atoms with Gasteiger partial charge in [-0.05, 0) is 60.7 Å². The van der Waals surface area contributed by atoms with E-state index in [0.717, 1.165) is 12.0 Å². The Hall–Kier alpha value is -2.90. The Labute approximate surface area is 235 Å². The minimum atomic E-state index is -3.97. The first-order valence-corrected chi connectivity index (χ1v) is 14.8. The summed E-state index contributed by atoms with van der Waals surface area (Å²) < 4.78 is 50.2. The lowest BCUT2D eigenvalue weighted by atomic mass is 10.0. The van der Waals surface area contributed by atoms with Gasteiger partial charge in [-0.1, -0.05) is 26.0 Å². The monoisotopic (exact) mass is 578 g/mol. The Bertz CT molecular complexity index is 1220. The number of nitrogens with zero attached hydrogens (tertiary/aromatic N) is 1. The SMILES string of the molecule is COc1ccc(S(=O)(=O)N(CC(C)C)C[C@@H](O)[C@H](Cc2ccc(O)cc2)NC(=O)O[C@H]2COC3OCCC32)cc1. The number of carbonyl (C=O) groups is 1. The molecule has 11 nitrogen and oxygen atoms in total. The van der Waals surface area contributed by atoms with Gasteiger partial charge in [0.2, 0.25) is 10.0 Å². The van der Waals surface area contributed by atoms with E-state index in [1.165, 1.54) is 35.7 Å². The summed E-state index contributed by atoms with van der Waals surface area (Å²) in [4.78, 5) is 13.0. The summed E-state index contributed by atoms with van der Waals surface area (Å²) >= 11 is 0. The fraction of sp³-hybridized carbons (Fsp3) is 0.536. The molecule has 0 spiro atoms. The first-order valence-electron chi connectivity index (χ1n) is 13.4. The van der Waals surface area contributed by atoms with Crippen molar-refractivity contribution < 1.29 is 42.4 Å². The summed E-state index contributed by atoms with van der Waals surface area (Å²) in [6, 6.07) is 11.5. The van der Waals surface area contributed by atoms with Gasteiger partial charge < -0.3 is 34.5 Å². The van der Waals surface area contributed by atoms with E-state index in [2.05, 4.69) is 5.32 Å². The number of hydrogen-bond donors (Lipinski definition) is 3. The van der Waals surface area contributed by atoms with Gasteiger partial charge in [0.05, 0.1) is 43.3 Å². The van der Waals surface area contributed by atoms with Crippen LogP contribution in [0.1, 0.15) is 25.8 Å². The minimum Gasteiger partial charge on any atom is -0.508 e. The van der Waals surface area contributed by atoms with E-state index < -0.39 is 34.4 Å². The number of aromatic hydroxyl groups is 1. The zero-order valence-corrected chi connectivity index (χ0v) is 23.7. The average molecular weight is 579 g/mol. The van der Waals surface area contributed by atoms with Crippen molar-refractivity contribution in [3.05, 3.63) is 54.1 Å². The second-order valence-corrected chi connectivity index (χ2v) is 12.5. The van der Waals surface area contributed by atoms with Gasteiger partial charge in [-0.2, -0.15) is 4.31 Å². The molecule has 0 aromatic heterocycles. The Morgan fingerprint density at radius 2 is 1.80 bits per heavy atom. The maximum absolute atomic E-state index is 13.6. The Morgan fingerprint density at radius 3 is 2.45 bits per heavy atom. The number of alkyl carbamates (subject to hydrolysis) is 1. The zero-order chi connectivity index (χ0) is 28.9. The standard InChI is InChI=1S/C28H38N2O9S/c1-18(2)15-30(40(34,35)22-10-8-21(36-3)9-11-22)16-25(32)24(14-19-4-6-20(31)7-5-19)29-28(33)39-26-17-38-27-23(26)12-13-37-27/h4-11,18,23-27,31-32H,12-17H2,1-3H3,(H,29,33)/t23?,24-,25+,26-,27?/m0/s1. The lowest BCUT2D eigenvalue weighted by molar-refractivity contribution is -0.0907. The third-order valence-electron chi connectivity index (χ3n) is 7.06. The molecule has 2 aromatic rings. The number of phenolic OH excluding ortho intramolecular Hbond substituents is 1. The van der Waals surface area contributed by atoms with Crippen LogP contribution < -0.4 is 10.1 Å². The smallest absolute Gasteiger partial charge is 0.407 e. The first-order chi connectivity index (χ1) is 19.1. The Balaban J connectivity index is 1.52. The normalized spacial score (nSPS) is 22.2. The van der Waals surface area contributed by atoms with Crippen LogP contribution in [0.2, 0.25) is 0 Å². The second kappa shape index (κ2) is 13.2. The predicted octanol–water partition coefficient (Wildman–Crippen LogP) is 2.51. The number of ether oxygens (including phenoxy) is 4. The van der Waals surface area contributed by atoms with Crippen molar-refractivity contribution in [2.75, 3.05) is 33.4 Å². The molecule has 2 aliphatic rings. The number of carbonyl (C=O) groups excluding carboxylic acids is 1. The van der Waals surface area contributed by atoms with Crippen molar-refractivity contribution in [2.24, 2.45) is 11.8 Å². The number of sulfonamides is 1. The largest absolute Gasteiger partial charge is 0.508 e. The van der Waals surface area contributed by atoms with E-state index in [1.54, 1.807) is 24.3 Å². The summed E-state index contributed by atoms with van der Waals surface area (Å²) in [6.07, 6.45) is -2.00. The van der Waals surface area contributed by atoms with Crippen LogP contribution in [0.25, 0.3) is 0 Å². The molecule has 5 atom stereocenters. The molecule has 12 heteroatoms. The van der Waals surface area contributed by atoms with E-state index >= 15 is 0 Å². The highest BCUT2D eigenvalue weighted by Gasteiger charge is 2.44. The summed E-state index contributed by atoms with van der Waals surface area (Å²) in [7, 11) is -2.48. The van der Waals surface area contributed by atoms with Gasteiger partial charge in [0.1, 0.15) is 17.6 Å². The third kappa shape index (κ3) is 7.43. The summed E-state index contributed by atoms with van der Waals surface area (Å²) in [5.41, 5.74) is 0.726. The van der Waals surface area contributed by atoms with Gasteiger partial charge in [0.25, 0.3) is 0 Å². The highest BCUT2D eigenvalue weighted by molar-refractivity contribution is 7.89. The highest BCUT2D eigenvalue weighted by Crippen LogP contribution is 2.33. The van der Waals surface area contributed by atoms with E-state index in [0.29, 0.717) is 12.4 Å². The summed E-state index contributed by atoms with van der Waals surface area (Å²) in [6.45, 7) is 4.42. The number of hydrogen-bond acceptors (Lipinski definition) is 9. The van der Waals surface area contributed by atoms with Gasteiger partial charge in [-0.25, -0.2) is 13.2 Å². The van der Waals surface area contributed by atoms with Crippen molar-refractivity contribution in [1.82, 2.24) is 9.62 Å². The van der Waals surface area contributed by atoms with Gasteiger partial charge in [-0.15, -0.1) is 0 Å². The van der Waals surface area contributed by atoms with Gasteiger partial charge in [0, 0.05) is 13.1 Å². The van der Waals surface area contributed by atoms with Crippen LogP contribution in [0.15, 0.2) is 53.4 Å². The van der Waals surface area contributed by atoms with Gasteiger partial charge in [0.15, 0.2) is 6.29 Å². The number of benzene rings is 2. The molecule has 2 saturated heterocycles. The topological polar surface area (TPSA) is 144 Å². The van der Waals surface area contributed by atoms with Crippen molar-refractivity contribution in [3.63, 3.8) is 0 Å². The fourth-order valence-electron chi connectivity index (χ4n) is 4.95. The Morgan fingerprint density at radius 1 is 1.10 bits per heavy atom. The number of phenols is 1. The number of nitrogens with one attached hydrogen (secondary N) is 1. The quantitative estimate of drug-likeness (QED) is 0.346. The van der Waals surface area contributed by atoms with Crippen LogP contribution in [0.3, 0.4) is 0 Å². The van der Waals surface area contributed by atoms with Crippen LogP contribution in [-0.4, -0.2) is 87.0 Å². The van der Waals surface area contributed by atoms with Gasteiger partial charge in [-0.3, -0.25) is 0 Å². The van der Waals surface area contributed by atoms with Crippen LogP contribution in [0.4, 0.5) is 4.79 Å². The number of methoxy groups -OCH3 is 1. The number of fused-ring (bicyclic) bond motifs is 1. The number of amides is 1. The van der Waals surface area contributed by atoms with Crippen LogP contribution in [0, 0.1) is 11.8 Å². The summed E-state index contributed by atoms with van der Waals surface area (Å²) in [5.74, 6) is 0.519. The fourth-order valence-corrected chi connectivity index (χ4v) is 6.57. The lowest BCUT2D eigenvalue weighted by Gasteiger charge is -2.31. The number of aliphatic hydroxyl groups excluding tert-OH is 1. The molecule has 0 aliphatic carbocycles. The molecular weight excluding hydrogens is 540 g/mol. The maximum Gasteiger partial charge on any atom is 0.407 e. The van der Waals surface area contributed by atoms with Gasteiger partial charge >= 0.3 is 6.09 Å². The lowest BCUT2D eigenvalue weighted by Crippen LogP contribution is -2.51. The molecule has 3 N–H and O–H groups in total. The summed E-state index contributed by atoms with van der Waals surface area (Å²) in [5, 5.41) is 23.8. The highest BCUT2D eigenvalue weighted by atomic mass is 32.2. The molecule has 1 amide bonds. The predicted molar refractivity (Wildman–Crippen MR) is 145 cm³/mol. The molecule has 4 rings (SSSR count). The molecule has 0 saturated carbocycles. The molecule has 2 unspecified atom stereocenters. The number of aliphatic hydroxyl groups is 1. The van der Waals surface area contributed by atoms with Crippen LogP contribution in [-0.2, 0) is 30.7 Å². The van der Waals surface area contributed by atoms with E-state index in [4.69, 9.17) is 18.9 Å². The average Bonchev–Trinajstić information content (AvgIpc) is 3.54. The molecule has 2 fully saturated rings. The molecule has 0 bridgehead atoms. The second-order valence-electron chi connectivity index (χ2n) is 10.5. The van der Waals surface area contributed by atoms with E-state index in [9.17, 15) is 23.4 Å². The van der Waals surface area contributed by atoms with Crippen molar-refractivity contribution in [3.8, 4) is 11.5 Å². The molecular formula is C28H38N2O9S. The Kier molecular flexibility index (Phi) is 9.90. The minimum absolute atomic E-state index is 0.0300. The zero-order valence-electron chi connectivity index (χ0n) is 22.9. The molecule has 2 heterocycles. The number of rotatable bonds is 12. The van der Waals surface area contributed by atoms with E-state index in [1.807, 2.05) is 13.8 Å².